The van der Waals surface area contributed by atoms with Gasteiger partial charge in [-0.2, -0.15) is 5.26 Å². The van der Waals surface area contributed by atoms with Crippen LogP contribution in [0.15, 0.2) is 54.6 Å². The number of alkyl halides is 2. The van der Waals surface area contributed by atoms with Crippen LogP contribution in [0, 0.1) is 17.1 Å². The molecule has 4 nitrogen and oxygen atoms in total. The van der Waals surface area contributed by atoms with E-state index < -0.39 is 41.7 Å². The van der Waals surface area contributed by atoms with E-state index in [1.807, 2.05) is 6.07 Å². The van der Waals surface area contributed by atoms with Gasteiger partial charge in [0.2, 0.25) is 5.91 Å². The fraction of sp³-hybridized carbons (Fsp3) is 0.364. The van der Waals surface area contributed by atoms with Gasteiger partial charge in [0.15, 0.2) is 0 Å². The standard InChI is InChI=1S/C22H22F3N3O/c1-15(16-7-9-18(23)10-8-16)27-19(20(29)28-21(14-26)11-12-21)13-22(24,25)17-5-3-2-4-6-17/h2-10,15,19,27H,11-13H2,1H3,(H,28,29)/t15-,19+/m1/s1. The normalized spacial score (nSPS) is 17.1. The van der Waals surface area contributed by atoms with Crippen molar-refractivity contribution in [3.63, 3.8) is 0 Å². The van der Waals surface area contributed by atoms with Gasteiger partial charge in [-0.3, -0.25) is 10.1 Å². The number of nitriles is 1. The zero-order valence-electron chi connectivity index (χ0n) is 16.0. The second kappa shape index (κ2) is 8.26. The fourth-order valence-electron chi connectivity index (χ4n) is 3.15. The van der Waals surface area contributed by atoms with Gasteiger partial charge >= 0.3 is 0 Å². The van der Waals surface area contributed by atoms with E-state index in [2.05, 4.69) is 10.6 Å². The highest BCUT2D eigenvalue weighted by molar-refractivity contribution is 5.83. The summed E-state index contributed by atoms with van der Waals surface area (Å²) in [5, 5.41) is 14.7. The van der Waals surface area contributed by atoms with Gasteiger partial charge in [-0.25, -0.2) is 13.2 Å². The summed E-state index contributed by atoms with van der Waals surface area (Å²) in [7, 11) is 0. The van der Waals surface area contributed by atoms with Crippen molar-refractivity contribution in [1.82, 2.24) is 10.6 Å². The van der Waals surface area contributed by atoms with Crippen molar-refractivity contribution in [2.24, 2.45) is 0 Å². The molecule has 0 bridgehead atoms. The predicted octanol–water partition coefficient (Wildman–Crippen LogP) is 4.20. The summed E-state index contributed by atoms with van der Waals surface area (Å²) in [6.07, 6.45) is 0.241. The molecule has 1 aliphatic rings. The predicted molar refractivity (Wildman–Crippen MR) is 102 cm³/mol. The third-order valence-corrected chi connectivity index (χ3v) is 5.12. The van der Waals surface area contributed by atoms with Crippen molar-refractivity contribution < 1.29 is 18.0 Å². The quantitative estimate of drug-likeness (QED) is 0.697. The Bertz CT molecular complexity index is 890. The smallest absolute Gasteiger partial charge is 0.275 e. The van der Waals surface area contributed by atoms with E-state index in [0.29, 0.717) is 18.4 Å². The second-order valence-electron chi connectivity index (χ2n) is 7.45. The first-order chi connectivity index (χ1) is 13.7. The fourth-order valence-corrected chi connectivity index (χ4v) is 3.15. The maximum atomic E-state index is 14.9. The number of halogens is 3. The summed E-state index contributed by atoms with van der Waals surface area (Å²) < 4.78 is 42.9. The summed E-state index contributed by atoms with van der Waals surface area (Å²) in [5.74, 6) is -4.30. The van der Waals surface area contributed by atoms with Crippen molar-refractivity contribution in [3.05, 3.63) is 71.5 Å². The van der Waals surface area contributed by atoms with Crippen molar-refractivity contribution >= 4 is 5.91 Å². The summed E-state index contributed by atoms with van der Waals surface area (Å²) in [6, 6.07) is 13.2. The molecule has 0 aliphatic heterocycles. The van der Waals surface area contributed by atoms with Gasteiger partial charge in [0, 0.05) is 18.0 Å². The molecule has 0 aromatic heterocycles. The summed E-state index contributed by atoms with van der Waals surface area (Å²) in [6.45, 7) is 1.71. The van der Waals surface area contributed by atoms with Crippen LogP contribution in [0.4, 0.5) is 13.2 Å². The van der Waals surface area contributed by atoms with E-state index in [1.165, 1.54) is 48.5 Å². The summed E-state index contributed by atoms with van der Waals surface area (Å²) in [5.41, 5.74) is -0.484. The van der Waals surface area contributed by atoms with Gasteiger partial charge < -0.3 is 5.32 Å². The van der Waals surface area contributed by atoms with Crippen LogP contribution >= 0.6 is 0 Å². The zero-order valence-corrected chi connectivity index (χ0v) is 16.0. The minimum absolute atomic E-state index is 0.185. The van der Waals surface area contributed by atoms with Crippen molar-refractivity contribution in [1.29, 1.82) is 5.26 Å². The number of carbonyl (C=O) groups is 1. The minimum atomic E-state index is -3.25. The van der Waals surface area contributed by atoms with Crippen LogP contribution in [-0.4, -0.2) is 17.5 Å². The second-order valence-corrected chi connectivity index (χ2v) is 7.45. The number of carbonyl (C=O) groups excluding carboxylic acids is 1. The third-order valence-electron chi connectivity index (χ3n) is 5.12. The van der Waals surface area contributed by atoms with Crippen LogP contribution in [0.25, 0.3) is 0 Å². The first kappa shape index (κ1) is 20.9. The van der Waals surface area contributed by atoms with Crippen molar-refractivity contribution in [2.45, 2.75) is 49.7 Å². The molecule has 0 spiro atoms. The van der Waals surface area contributed by atoms with E-state index in [-0.39, 0.29) is 5.56 Å². The van der Waals surface area contributed by atoms with Gasteiger partial charge in [-0.1, -0.05) is 42.5 Å². The van der Waals surface area contributed by atoms with Crippen LogP contribution in [0.5, 0.6) is 0 Å². The van der Waals surface area contributed by atoms with E-state index >= 15 is 0 Å². The number of benzene rings is 2. The average Bonchev–Trinajstić information content (AvgIpc) is 3.48. The van der Waals surface area contributed by atoms with Crippen LogP contribution in [0.2, 0.25) is 0 Å². The molecule has 152 valence electrons. The van der Waals surface area contributed by atoms with Crippen molar-refractivity contribution in [2.75, 3.05) is 0 Å². The van der Waals surface area contributed by atoms with Crippen LogP contribution in [-0.2, 0) is 10.7 Å². The molecule has 2 atom stereocenters. The molecule has 1 aliphatic carbocycles. The number of hydrogen-bond donors (Lipinski definition) is 2. The lowest BCUT2D eigenvalue weighted by Crippen LogP contribution is -2.50. The summed E-state index contributed by atoms with van der Waals surface area (Å²) >= 11 is 0. The monoisotopic (exact) mass is 401 g/mol. The molecule has 2 aromatic carbocycles. The average molecular weight is 401 g/mol. The van der Waals surface area contributed by atoms with Gasteiger partial charge in [-0.05, 0) is 37.5 Å². The molecular formula is C22H22F3N3O. The first-order valence-corrected chi connectivity index (χ1v) is 9.43. The first-order valence-electron chi connectivity index (χ1n) is 9.43. The zero-order chi connectivity index (χ0) is 21.1. The van der Waals surface area contributed by atoms with Gasteiger partial charge in [0.05, 0.1) is 12.1 Å². The van der Waals surface area contributed by atoms with Gasteiger partial charge in [0.1, 0.15) is 11.4 Å². The number of hydrogen-bond acceptors (Lipinski definition) is 3. The molecule has 0 saturated heterocycles. The highest BCUT2D eigenvalue weighted by Gasteiger charge is 2.47. The number of rotatable bonds is 8. The Kier molecular flexibility index (Phi) is 5.94. The van der Waals surface area contributed by atoms with E-state index in [9.17, 15) is 23.2 Å². The largest absolute Gasteiger partial charge is 0.336 e. The van der Waals surface area contributed by atoms with Crippen LogP contribution < -0.4 is 10.6 Å². The third kappa shape index (κ3) is 5.15. The van der Waals surface area contributed by atoms with Gasteiger partial charge in [-0.15, -0.1) is 0 Å². The lowest BCUT2D eigenvalue weighted by molar-refractivity contribution is -0.127. The number of nitrogens with zero attached hydrogens (tertiary/aromatic N) is 1. The lowest BCUT2D eigenvalue weighted by atomic mass is 9.98. The molecule has 2 aromatic rings. The maximum Gasteiger partial charge on any atom is 0.275 e. The Morgan fingerprint density at radius 3 is 2.34 bits per heavy atom. The molecule has 0 heterocycles. The molecule has 1 saturated carbocycles. The molecular weight excluding hydrogens is 379 g/mol. The molecule has 0 radical (unpaired) electrons. The molecule has 1 fully saturated rings. The Labute approximate surface area is 167 Å². The highest BCUT2D eigenvalue weighted by atomic mass is 19.3. The summed E-state index contributed by atoms with van der Waals surface area (Å²) in [4.78, 5) is 12.8. The van der Waals surface area contributed by atoms with E-state index in [4.69, 9.17) is 0 Å². The molecule has 7 heteroatoms. The molecule has 1 amide bonds. The Morgan fingerprint density at radius 2 is 1.79 bits per heavy atom. The lowest BCUT2D eigenvalue weighted by Gasteiger charge is -2.28. The van der Waals surface area contributed by atoms with E-state index in [0.717, 1.165) is 0 Å². The Morgan fingerprint density at radius 1 is 1.17 bits per heavy atom. The van der Waals surface area contributed by atoms with Crippen LogP contribution in [0.1, 0.15) is 43.4 Å². The topological polar surface area (TPSA) is 64.9 Å². The number of amides is 1. The SMILES string of the molecule is C[C@@H](N[C@@H](CC(F)(F)c1ccccc1)C(=O)NC1(C#N)CC1)c1ccc(F)cc1. The minimum Gasteiger partial charge on any atom is -0.336 e. The molecule has 2 N–H and O–H groups in total. The van der Waals surface area contributed by atoms with Crippen LogP contribution in [0.3, 0.4) is 0 Å². The Balaban J connectivity index is 1.80. The highest BCUT2D eigenvalue weighted by Crippen LogP contribution is 2.36. The van der Waals surface area contributed by atoms with Gasteiger partial charge in [0.25, 0.3) is 5.92 Å². The molecule has 0 unspecified atom stereocenters. The molecule has 29 heavy (non-hydrogen) atoms. The molecule has 3 rings (SSSR count). The van der Waals surface area contributed by atoms with Crippen molar-refractivity contribution in [3.8, 4) is 6.07 Å². The maximum absolute atomic E-state index is 14.9. The number of nitrogens with one attached hydrogen (secondary N) is 2. The van der Waals surface area contributed by atoms with E-state index in [1.54, 1.807) is 13.0 Å². The Hall–Kier alpha value is -2.85.